The Morgan fingerprint density at radius 2 is 2.00 bits per heavy atom. The number of benzene rings is 2. The molecule has 1 unspecified atom stereocenters. The van der Waals surface area contributed by atoms with Crippen LogP contribution in [0.5, 0.6) is 0 Å². The van der Waals surface area contributed by atoms with Crippen LogP contribution in [0.15, 0.2) is 46.9 Å². The fourth-order valence-electron chi connectivity index (χ4n) is 2.34. The number of rotatable bonds is 1. The molecule has 0 spiro atoms. The van der Waals surface area contributed by atoms with E-state index in [2.05, 4.69) is 21.2 Å². The van der Waals surface area contributed by atoms with Gasteiger partial charge in [-0.05, 0) is 45.8 Å². The molecule has 0 saturated heterocycles. The zero-order valence-electron chi connectivity index (χ0n) is 10.7. The molecule has 0 saturated carbocycles. The summed E-state index contributed by atoms with van der Waals surface area (Å²) in [5, 5.41) is 3.30. The van der Waals surface area contributed by atoms with Gasteiger partial charge in [0.1, 0.15) is 12.0 Å². The first-order valence-electron chi connectivity index (χ1n) is 6.15. The van der Waals surface area contributed by atoms with Gasteiger partial charge in [0.05, 0.1) is 10.0 Å². The molecule has 1 aliphatic heterocycles. The molecule has 20 heavy (non-hydrogen) atoms. The molecule has 1 atom stereocenters. The quantitative estimate of drug-likeness (QED) is 0.860. The van der Waals surface area contributed by atoms with Crippen molar-refractivity contribution in [2.75, 3.05) is 12.4 Å². The van der Waals surface area contributed by atoms with Crippen molar-refractivity contribution in [1.29, 1.82) is 0 Å². The number of para-hydroxylation sites is 1. The van der Waals surface area contributed by atoms with Crippen LogP contribution in [0.25, 0.3) is 0 Å². The van der Waals surface area contributed by atoms with Crippen molar-refractivity contribution >= 4 is 27.5 Å². The van der Waals surface area contributed by atoms with Crippen LogP contribution in [0.1, 0.15) is 22.1 Å². The lowest BCUT2D eigenvalue weighted by molar-refractivity contribution is 0.0735. The van der Waals surface area contributed by atoms with Crippen molar-refractivity contribution in [2.24, 2.45) is 0 Å². The molecule has 1 heterocycles. The second-order valence-corrected chi connectivity index (χ2v) is 5.54. The van der Waals surface area contributed by atoms with Gasteiger partial charge in [-0.3, -0.25) is 4.79 Å². The van der Waals surface area contributed by atoms with Gasteiger partial charge >= 0.3 is 0 Å². The molecule has 3 rings (SSSR count). The van der Waals surface area contributed by atoms with Gasteiger partial charge in [0.15, 0.2) is 0 Å². The molecular formula is C15H12BrFN2O. The summed E-state index contributed by atoms with van der Waals surface area (Å²) in [4.78, 5) is 14.0. The number of hydrogen-bond donors (Lipinski definition) is 1. The predicted molar refractivity (Wildman–Crippen MR) is 79.0 cm³/mol. The molecule has 1 aliphatic rings. The van der Waals surface area contributed by atoms with E-state index < -0.39 is 0 Å². The molecule has 1 N–H and O–H groups in total. The Morgan fingerprint density at radius 1 is 1.25 bits per heavy atom. The Bertz CT molecular complexity index is 689. The fourth-order valence-corrected chi connectivity index (χ4v) is 2.73. The van der Waals surface area contributed by atoms with Crippen LogP contribution in [0.4, 0.5) is 10.1 Å². The molecule has 0 aliphatic carbocycles. The highest BCUT2D eigenvalue weighted by Crippen LogP contribution is 2.33. The van der Waals surface area contributed by atoms with Crippen LogP contribution in [-0.2, 0) is 0 Å². The van der Waals surface area contributed by atoms with E-state index in [1.807, 2.05) is 18.2 Å². The van der Waals surface area contributed by atoms with Gasteiger partial charge in [0.25, 0.3) is 5.91 Å². The molecule has 5 heteroatoms. The summed E-state index contributed by atoms with van der Waals surface area (Å²) in [6.07, 6.45) is -0.311. The average Bonchev–Trinajstić information content (AvgIpc) is 2.46. The molecule has 0 radical (unpaired) electrons. The molecule has 0 fully saturated rings. The highest BCUT2D eigenvalue weighted by Gasteiger charge is 2.30. The van der Waals surface area contributed by atoms with E-state index in [1.54, 1.807) is 30.1 Å². The molecule has 3 nitrogen and oxygen atoms in total. The zero-order valence-corrected chi connectivity index (χ0v) is 12.3. The minimum atomic E-state index is -0.320. The van der Waals surface area contributed by atoms with Crippen LogP contribution in [0.3, 0.4) is 0 Å². The van der Waals surface area contributed by atoms with E-state index in [0.29, 0.717) is 10.0 Å². The number of carbonyl (C=O) groups is 1. The third-order valence-corrected chi connectivity index (χ3v) is 4.02. The molecule has 102 valence electrons. The smallest absolute Gasteiger partial charge is 0.257 e. The molecule has 2 aromatic rings. The minimum Gasteiger partial charge on any atom is -0.361 e. The average molecular weight is 335 g/mol. The van der Waals surface area contributed by atoms with E-state index in [9.17, 15) is 9.18 Å². The van der Waals surface area contributed by atoms with Gasteiger partial charge < -0.3 is 10.2 Å². The van der Waals surface area contributed by atoms with Gasteiger partial charge in [-0.1, -0.05) is 18.2 Å². The largest absolute Gasteiger partial charge is 0.361 e. The monoisotopic (exact) mass is 334 g/mol. The van der Waals surface area contributed by atoms with E-state index in [0.717, 1.165) is 11.3 Å². The summed E-state index contributed by atoms with van der Waals surface area (Å²) >= 11 is 3.17. The van der Waals surface area contributed by atoms with Crippen LogP contribution >= 0.6 is 15.9 Å². The number of fused-ring (bicyclic) bond motifs is 1. The summed E-state index contributed by atoms with van der Waals surface area (Å²) in [6.45, 7) is 0. The van der Waals surface area contributed by atoms with Crippen molar-refractivity contribution in [1.82, 2.24) is 4.90 Å². The first kappa shape index (κ1) is 13.1. The maximum Gasteiger partial charge on any atom is 0.257 e. The Labute approximate surface area is 124 Å². The summed E-state index contributed by atoms with van der Waals surface area (Å²) in [5.74, 6) is -0.372. The number of anilines is 1. The highest BCUT2D eigenvalue weighted by atomic mass is 79.9. The molecular weight excluding hydrogens is 323 g/mol. The van der Waals surface area contributed by atoms with Crippen LogP contribution in [0.2, 0.25) is 0 Å². The molecule has 1 amide bonds. The molecule has 2 aromatic carbocycles. The molecule has 0 aromatic heterocycles. The number of hydrogen-bond acceptors (Lipinski definition) is 2. The van der Waals surface area contributed by atoms with Gasteiger partial charge in [-0.25, -0.2) is 4.39 Å². The fraction of sp³-hybridized carbons (Fsp3) is 0.133. The van der Waals surface area contributed by atoms with E-state index in [-0.39, 0.29) is 17.9 Å². The minimum absolute atomic E-state index is 0.0511. The second kappa shape index (κ2) is 4.90. The highest BCUT2D eigenvalue weighted by molar-refractivity contribution is 9.10. The van der Waals surface area contributed by atoms with E-state index >= 15 is 0 Å². The van der Waals surface area contributed by atoms with Gasteiger partial charge in [-0.2, -0.15) is 0 Å². The SMILES string of the molecule is CN1C(=O)c2ccccc2NC1c1ccc(F)c(Br)c1. The standard InChI is InChI=1S/C15H12BrFN2O/c1-19-14(9-6-7-12(17)11(16)8-9)18-13-5-3-2-4-10(13)15(19)20/h2-8,14,18H,1H3. The Morgan fingerprint density at radius 3 is 2.75 bits per heavy atom. The van der Waals surface area contributed by atoms with Crippen molar-refractivity contribution in [3.63, 3.8) is 0 Å². The number of carbonyl (C=O) groups excluding carboxylic acids is 1. The summed E-state index contributed by atoms with van der Waals surface area (Å²) < 4.78 is 13.7. The van der Waals surface area contributed by atoms with Crippen molar-refractivity contribution in [2.45, 2.75) is 6.17 Å². The predicted octanol–water partition coefficient (Wildman–Crippen LogP) is 3.78. The first-order valence-corrected chi connectivity index (χ1v) is 6.95. The lowest BCUT2D eigenvalue weighted by Crippen LogP contribution is -2.40. The lowest BCUT2D eigenvalue weighted by Gasteiger charge is -2.35. The number of amides is 1. The Balaban J connectivity index is 2.03. The Hall–Kier alpha value is -1.88. The first-order chi connectivity index (χ1) is 9.58. The molecule has 0 bridgehead atoms. The second-order valence-electron chi connectivity index (χ2n) is 4.68. The third-order valence-electron chi connectivity index (χ3n) is 3.42. The van der Waals surface area contributed by atoms with Crippen LogP contribution in [0, 0.1) is 5.82 Å². The maximum absolute atomic E-state index is 13.3. The topological polar surface area (TPSA) is 32.3 Å². The van der Waals surface area contributed by atoms with Gasteiger partial charge in [0, 0.05) is 12.7 Å². The van der Waals surface area contributed by atoms with E-state index in [1.165, 1.54) is 6.07 Å². The van der Waals surface area contributed by atoms with Gasteiger partial charge in [0.2, 0.25) is 0 Å². The van der Waals surface area contributed by atoms with Crippen LogP contribution in [-0.4, -0.2) is 17.9 Å². The zero-order chi connectivity index (χ0) is 14.3. The lowest BCUT2D eigenvalue weighted by atomic mass is 10.0. The number of halogens is 2. The Kier molecular flexibility index (Phi) is 3.22. The van der Waals surface area contributed by atoms with Crippen molar-refractivity contribution < 1.29 is 9.18 Å². The van der Waals surface area contributed by atoms with Crippen molar-refractivity contribution in [3.05, 3.63) is 63.9 Å². The van der Waals surface area contributed by atoms with E-state index in [4.69, 9.17) is 0 Å². The third kappa shape index (κ3) is 2.08. The van der Waals surface area contributed by atoms with Gasteiger partial charge in [-0.15, -0.1) is 0 Å². The van der Waals surface area contributed by atoms with Crippen LogP contribution < -0.4 is 5.32 Å². The summed E-state index contributed by atoms with van der Waals surface area (Å²) in [7, 11) is 1.73. The maximum atomic E-state index is 13.3. The summed E-state index contributed by atoms with van der Waals surface area (Å²) in [6, 6.07) is 12.1. The number of nitrogens with one attached hydrogen (secondary N) is 1. The normalized spacial score (nSPS) is 17.6. The van der Waals surface area contributed by atoms with Crippen molar-refractivity contribution in [3.8, 4) is 0 Å². The summed E-state index contributed by atoms with van der Waals surface area (Å²) in [5.41, 5.74) is 2.26. The number of nitrogens with zero attached hydrogens (tertiary/aromatic N) is 1.